The van der Waals surface area contributed by atoms with Gasteiger partial charge in [-0.3, -0.25) is 0 Å². The summed E-state index contributed by atoms with van der Waals surface area (Å²) in [6.07, 6.45) is 1.05. The molecule has 98 valence electrons. The molecule has 0 N–H and O–H groups in total. The predicted molar refractivity (Wildman–Crippen MR) is 87.1 cm³/mol. The van der Waals surface area contributed by atoms with Gasteiger partial charge < -0.3 is 0 Å². The first-order valence-electron chi connectivity index (χ1n) is 6.80. The van der Waals surface area contributed by atoms with Gasteiger partial charge in [-0.15, -0.1) is 0 Å². The van der Waals surface area contributed by atoms with E-state index in [1.54, 1.807) is 0 Å². The number of hydrogen-bond acceptors (Lipinski definition) is 0. The summed E-state index contributed by atoms with van der Waals surface area (Å²) in [6, 6.07) is 11.1. The fourth-order valence-corrected chi connectivity index (χ4v) is 5.22. The lowest BCUT2D eigenvalue weighted by molar-refractivity contribution is 1.26. The third kappa shape index (κ3) is 1.96. The quantitative estimate of drug-likeness (QED) is 0.456. The van der Waals surface area contributed by atoms with Gasteiger partial charge >= 0.3 is 0 Å². The zero-order valence-corrected chi connectivity index (χ0v) is 13.7. The first kappa shape index (κ1) is 13.0. The van der Waals surface area contributed by atoms with Crippen molar-refractivity contribution in [3.05, 3.63) is 52.6 Å². The van der Waals surface area contributed by atoms with Crippen molar-refractivity contribution in [2.45, 2.75) is 33.4 Å². The molecule has 1 aliphatic rings. The lowest BCUT2D eigenvalue weighted by Gasteiger charge is -2.19. The van der Waals surface area contributed by atoms with Crippen LogP contribution in [0.15, 0.2) is 30.3 Å². The van der Waals surface area contributed by atoms with E-state index in [1.165, 1.54) is 38.6 Å². The molecule has 2 aromatic carbocycles. The van der Waals surface area contributed by atoms with Crippen molar-refractivity contribution in [3.8, 4) is 11.1 Å². The summed E-state index contributed by atoms with van der Waals surface area (Å²) in [4.78, 5) is 0. The van der Waals surface area contributed by atoms with E-state index in [9.17, 15) is 0 Å². The number of rotatable bonds is 1. The van der Waals surface area contributed by atoms with Gasteiger partial charge in [0.05, 0.1) is 0 Å². The number of aryl methyl sites for hydroxylation is 2. The molecule has 0 bridgehead atoms. The van der Waals surface area contributed by atoms with Crippen LogP contribution in [-0.2, 0) is 6.42 Å². The van der Waals surface area contributed by atoms with Crippen LogP contribution in [0.25, 0.3) is 11.1 Å². The highest BCUT2D eigenvalue weighted by atomic mass is 35.6. The largest absolute Gasteiger partial charge is 0.181 e. The Balaban J connectivity index is 2.34. The van der Waals surface area contributed by atoms with Crippen LogP contribution in [0.2, 0.25) is 13.1 Å². The van der Waals surface area contributed by atoms with Crippen molar-refractivity contribution in [2.24, 2.45) is 0 Å². The third-order valence-corrected chi connectivity index (χ3v) is 6.50. The predicted octanol–water partition coefficient (Wildman–Crippen LogP) is 4.53. The number of benzene rings is 2. The van der Waals surface area contributed by atoms with Gasteiger partial charge in [-0.05, 0) is 58.8 Å². The van der Waals surface area contributed by atoms with E-state index in [2.05, 4.69) is 57.3 Å². The molecule has 0 radical (unpaired) electrons. The molecule has 2 heteroatoms. The van der Waals surface area contributed by atoms with Crippen LogP contribution >= 0.6 is 11.1 Å². The minimum absolute atomic E-state index is 1.05. The summed E-state index contributed by atoms with van der Waals surface area (Å²) in [5, 5.41) is 1.41. The van der Waals surface area contributed by atoms with Gasteiger partial charge in [0.1, 0.15) is 0 Å². The molecule has 2 aromatic rings. The molecular weight excluding hydrogens is 268 g/mol. The smallest absolute Gasteiger partial charge is 0.162 e. The maximum absolute atomic E-state index is 6.72. The molecule has 3 rings (SSSR count). The van der Waals surface area contributed by atoms with Gasteiger partial charge in [-0.1, -0.05) is 43.4 Å². The highest BCUT2D eigenvalue weighted by Crippen LogP contribution is 2.40. The maximum Gasteiger partial charge on any atom is 0.181 e. The van der Waals surface area contributed by atoms with Crippen molar-refractivity contribution in [3.63, 3.8) is 0 Å². The lowest BCUT2D eigenvalue weighted by Crippen LogP contribution is -2.37. The molecule has 0 saturated carbocycles. The van der Waals surface area contributed by atoms with Gasteiger partial charge in [-0.25, -0.2) is 0 Å². The van der Waals surface area contributed by atoms with Crippen LogP contribution < -0.4 is 5.19 Å². The molecule has 0 saturated heterocycles. The van der Waals surface area contributed by atoms with Crippen LogP contribution in [0.5, 0.6) is 0 Å². The van der Waals surface area contributed by atoms with E-state index in [-0.39, 0.29) is 0 Å². The van der Waals surface area contributed by atoms with Crippen molar-refractivity contribution >= 4 is 23.6 Å². The Kier molecular flexibility index (Phi) is 2.88. The molecule has 0 fully saturated rings. The fourth-order valence-electron chi connectivity index (χ4n) is 3.28. The molecule has 0 nitrogen and oxygen atoms in total. The molecule has 0 aliphatic heterocycles. The second kappa shape index (κ2) is 4.22. The fraction of sp³-hybridized carbons (Fsp3) is 0.294. The van der Waals surface area contributed by atoms with Gasteiger partial charge in [0.15, 0.2) is 7.38 Å². The maximum atomic E-state index is 6.72. The molecule has 0 spiro atoms. The topological polar surface area (TPSA) is 0 Å². The Labute approximate surface area is 121 Å². The van der Waals surface area contributed by atoms with Gasteiger partial charge in [0, 0.05) is 0 Å². The van der Waals surface area contributed by atoms with Crippen molar-refractivity contribution in [1.82, 2.24) is 0 Å². The van der Waals surface area contributed by atoms with E-state index >= 15 is 0 Å². The third-order valence-electron chi connectivity index (χ3n) is 4.14. The summed E-state index contributed by atoms with van der Waals surface area (Å²) >= 11 is 6.72. The van der Waals surface area contributed by atoms with Crippen molar-refractivity contribution < 1.29 is 0 Å². The molecule has 0 aromatic heterocycles. The minimum atomic E-state index is -1.80. The van der Waals surface area contributed by atoms with Crippen molar-refractivity contribution in [2.75, 3.05) is 0 Å². The molecule has 0 amide bonds. The Morgan fingerprint density at radius 2 is 1.63 bits per heavy atom. The molecule has 0 unspecified atom stereocenters. The monoisotopic (exact) mass is 286 g/mol. The average molecular weight is 287 g/mol. The van der Waals surface area contributed by atoms with Crippen LogP contribution in [0.4, 0.5) is 0 Å². The van der Waals surface area contributed by atoms with Crippen LogP contribution in [-0.4, -0.2) is 7.38 Å². The highest BCUT2D eigenvalue weighted by molar-refractivity contribution is 7.26. The molecule has 19 heavy (non-hydrogen) atoms. The van der Waals surface area contributed by atoms with E-state index in [1.807, 2.05) is 0 Å². The van der Waals surface area contributed by atoms with Crippen LogP contribution in [0.3, 0.4) is 0 Å². The highest BCUT2D eigenvalue weighted by Gasteiger charge is 2.30. The first-order chi connectivity index (χ1) is 8.89. The summed E-state index contributed by atoms with van der Waals surface area (Å²) in [7, 11) is -1.80. The SMILES string of the molecule is Cc1cccc2c1-c1c(C)ccc([Si](C)(C)Cl)c1C2. The Bertz CT molecular complexity index is 666. The zero-order chi connectivity index (χ0) is 13.8. The number of hydrogen-bond donors (Lipinski definition) is 0. The van der Waals surface area contributed by atoms with E-state index in [4.69, 9.17) is 11.1 Å². The standard InChI is InChI=1S/C17H19ClSi/c1-11-6-5-7-13-10-14-15(19(3,4)18)9-8-12(2)17(14)16(11)13/h5-9H,10H2,1-4H3. The average Bonchev–Trinajstić information content (AvgIpc) is 2.68. The van der Waals surface area contributed by atoms with Crippen LogP contribution in [0.1, 0.15) is 22.3 Å². The summed E-state index contributed by atoms with van der Waals surface area (Å²) in [6.45, 7) is 8.86. The summed E-state index contributed by atoms with van der Waals surface area (Å²) in [5.74, 6) is 0. The molecule has 0 atom stereocenters. The normalized spacial score (nSPS) is 13.3. The Hall–Kier alpha value is -1.05. The summed E-state index contributed by atoms with van der Waals surface area (Å²) < 4.78 is 0. The zero-order valence-electron chi connectivity index (χ0n) is 12.0. The second-order valence-electron chi connectivity index (χ2n) is 6.04. The molecule has 1 aliphatic carbocycles. The lowest BCUT2D eigenvalue weighted by atomic mass is 9.97. The number of fused-ring (bicyclic) bond motifs is 3. The minimum Gasteiger partial charge on any atom is -0.162 e. The Morgan fingerprint density at radius 1 is 0.947 bits per heavy atom. The van der Waals surface area contributed by atoms with Gasteiger partial charge in [0.2, 0.25) is 0 Å². The molecular formula is C17H19ClSi. The Morgan fingerprint density at radius 3 is 2.32 bits per heavy atom. The first-order valence-corrected chi connectivity index (χ1v) is 10.8. The van der Waals surface area contributed by atoms with E-state index < -0.39 is 7.38 Å². The molecule has 0 heterocycles. The summed E-state index contributed by atoms with van der Waals surface area (Å²) in [5.41, 5.74) is 8.60. The number of halogens is 1. The van der Waals surface area contributed by atoms with Crippen LogP contribution in [0, 0.1) is 13.8 Å². The van der Waals surface area contributed by atoms with E-state index in [0.29, 0.717) is 0 Å². The second-order valence-corrected chi connectivity index (χ2v) is 12.4. The van der Waals surface area contributed by atoms with E-state index in [0.717, 1.165) is 6.42 Å². The van der Waals surface area contributed by atoms with Crippen molar-refractivity contribution in [1.29, 1.82) is 0 Å². The van der Waals surface area contributed by atoms with Gasteiger partial charge in [-0.2, -0.15) is 11.1 Å². The van der Waals surface area contributed by atoms with Gasteiger partial charge in [0.25, 0.3) is 0 Å².